The topological polar surface area (TPSA) is 38.1 Å². The van der Waals surface area contributed by atoms with Crippen molar-refractivity contribution in [1.82, 2.24) is 9.78 Å². The van der Waals surface area contributed by atoms with E-state index in [2.05, 4.69) is 18.1 Å². The fourth-order valence-corrected chi connectivity index (χ4v) is 2.67. The lowest BCUT2D eigenvalue weighted by molar-refractivity contribution is 0.469. The molecule has 1 aromatic heterocycles. The summed E-state index contributed by atoms with van der Waals surface area (Å²) in [6.07, 6.45) is 0.721. The van der Waals surface area contributed by atoms with E-state index in [9.17, 15) is 5.11 Å². The number of aromatic nitrogens is 2. The van der Waals surface area contributed by atoms with Crippen LogP contribution in [-0.2, 0) is 6.42 Å². The molecule has 0 atom stereocenters. The lowest BCUT2D eigenvalue weighted by Gasteiger charge is -2.08. The van der Waals surface area contributed by atoms with Crippen LogP contribution in [-0.4, -0.2) is 14.9 Å². The van der Waals surface area contributed by atoms with Crippen molar-refractivity contribution < 1.29 is 5.11 Å². The number of para-hydroxylation sites is 1. The maximum absolute atomic E-state index is 10.6. The number of aryl methyl sites for hydroxylation is 2. The van der Waals surface area contributed by atoms with Gasteiger partial charge in [0.1, 0.15) is 5.69 Å². The van der Waals surface area contributed by atoms with E-state index in [0.29, 0.717) is 5.69 Å². The van der Waals surface area contributed by atoms with Gasteiger partial charge < -0.3 is 5.11 Å². The maximum atomic E-state index is 10.6. The van der Waals surface area contributed by atoms with E-state index in [4.69, 9.17) is 0 Å². The first-order valence-electron chi connectivity index (χ1n) is 7.55. The minimum Gasteiger partial charge on any atom is -0.504 e. The monoisotopic (exact) mass is 292 g/mol. The highest BCUT2D eigenvalue weighted by molar-refractivity contribution is 5.68. The highest BCUT2D eigenvalue weighted by Crippen LogP contribution is 2.34. The number of hydrogen-bond acceptors (Lipinski definition) is 2. The molecule has 0 aliphatic heterocycles. The first-order valence-corrected chi connectivity index (χ1v) is 7.55. The summed E-state index contributed by atoms with van der Waals surface area (Å²) in [5.41, 5.74) is 5.75. The first-order chi connectivity index (χ1) is 10.6. The van der Waals surface area contributed by atoms with Gasteiger partial charge in [-0.15, -0.1) is 0 Å². The van der Waals surface area contributed by atoms with Gasteiger partial charge in [0, 0.05) is 5.56 Å². The Balaban J connectivity index is 2.19. The Bertz CT molecular complexity index is 801. The van der Waals surface area contributed by atoms with Gasteiger partial charge in [0.15, 0.2) is 5.75 Å². The molecule has 0 saturated carbocycles. The van der Waals surface area contributed by atoms with Crippen LogP contribution >= 0.6 is 0 Å². The van der Waals surface area contributed by atoms with Crippen molar-refractivity contribution in [3.63, 3.8) is 0 Å². The molecule has 0 saturated heterocycles. The van der Waals surface area contributed by atoms with Crippen LogP contribution in [0.2, 0.25) is 0 Å². The van der Waals surface area contributed by atoms with E-state index in [0.717, 1.165) is 28.9 Å². The van der Waals surface area contributed by atoms with Crippen LogP contribution in [0.15, 0.2) is 48.5 Å². The Morgan fingerprint density at radius 2 is 1.68 bits per heavy atom. The Hall–Kier alpha value is -2.55. The third-order valence-corrected chi connectivity index (χ3v) is 3.96. The zero-order chi connectivity index (χ0) is 15.7. The summed E-state index contributed by atoms with van der Waals surface area (Å²) in [7, 11) is 0. The molecule has 22 heavy (non-hydrogen) atoms. The van der Waals surface area contributed by atoms with Crippen molar-refractivity contribution in [1.29, 1.82) is 0 Å². The molecule has 0 amide bonds. The second kappa shape index (κ2) is 5.68. The van der Waals surface area contributed by atoms with Crippen LogP contribution in [0.1, 0.15) is 23.7 Å². The standard InChI is InChI=1S/C19H20N2O/c1-4-16-19(22)18(15-11-9-13(2)10-12-15)20-21(16)17-8-6-5-7-14(17)3/h5-12,22H,4H2,1-3H3. The summed E-state index contributed by atoms with van der Waals surface area (Å²) in [5, 5.41) is 15.3. The molecule has 0 fully saturated rings. The van der Waals surface area contributed by atoms with E-state index >= 15 is 0 Å². The van der Waals surface area contributed by atoms with Crippen LogP contribution in [0, 0.1) is 13.8 Å². The van der Waals surface area contributed by atoms with Gasteiger partial charge >= 0.3 is 0 Å². The van der Waals surface area contributed by atoms with E-state index < -0.39 is 0 Å². The van der Waals surface area contributed by atoms with Crippen LogP contribution in [0.3, 0.4) is 0 Å². The Labute approximate surface area is 130 Å². The lowest BCUT2D eigenvalue weighted by atomic mass is 10.1. The number of aromatic hydroxyl groups is 1. The summed E-state index contributed by atoms with van der Waals surface area (Å²) in [4.78, 5) is 0. The molecule has 3 rings (SSSR count). The largest absolute Gasteiger partial charge is 0.504 e. The molecular formula is C19H20N2O. The van der Waals surface area contributed by atoms with Crippen molar-refractivity contribution in [2.45, 2.75) is 27.2 Å². The van der Waals surface area contributed by atoms with Crippen LogP contribution in [0.5, 0.6) is 5.75 Å². The smallest absolute Gasteiger partial charge is 0.165 e. The van der Waals surface area contributed by atoms with E-state index in [1.807, 2.05) is 61.0 Å². The van der Waals surface area contributed by atoms with E-state index in [1.54, 1.807) is 0 Å². The van der Waals surface area contributed by atoms with Gasteiger partial charge in [0.05, 0.1) is 11.4 Å². The summed E-state index contributed by atoms with van der Waals surface area (Å²) < 4.78 is 1.86. The molecule has 0 bridgehead atoms. The third-order valence-electron chi connectivity index (χ3n) is 3.96. The van der Waals surface area contributed by atoms with E-state index in [1.165, 1.54) is 5.56 Å². The second-order valence-corrected chi connectivity index (χ2v) is 5.56. The van der Waals surface area contributed by atoms with Crippen LogP contribution < -0.4 is 0 Å². The summed E-state index contributed by atoms with van der Waals surface area (Å²) in [6.45, 7) is 6.14. The molecule has 3 heteroatoms. The minimum atomic E-state index is 0.273. The van der Waals surface area contributed by atoms with Gasteiger partial charge in [-0.05, 0) is 31.9 Å². The molecule has 112 valence electrons. The molecule has 0 spiro atoms. The van der Waals surface area contributed by atoms with E-state index in [-0.39, 0.29) is 5.75 Å². The molecule has 0 aliphatic carbocycles. The van der Waals surface area contributed by atoms with Gasteiger partial charge in [0.25, 0.3) is 0 Å². The van der Waals surface area contributed by atoms with Crippen molar-refractivity contribution in [3.05, 3.63) is 65.4 Å². The van der Waals surface area contributed by atoms with Gasteiger partial charge in [-0.3, -0.25) is 0 Å². The summed E-state index contributed by atoms with van der Waals surface area (Å²) in [6, 6.07) is 16.2. The van der Waals surface area contributed by atoms with Gasteiger partial charge in [-0.2, -0.15) is 5.10 Å². The lowest BCUT2D eigenvalue weighted by Crippen LogP contribution is -2.03. The van der Waals surface area contributed by atoms with Crippen molar-refractivity contribution in [2.75, 3.05) is 0 Å². The fraction of sp³-hybridized carbons (Fsp3) is 0.211. The molecular weight excluding hydrogens is 272 g/mol. The van der Waals surface area contributed by atoms with Gasteiger partial charge in [-0.25, -0.2) is 4.68 Å². The Morgan fingerprint density at radius 1 is 1.00 bits per heavy atom. The predicted octanol–water partition coefficient (Wildman–Crippen LogP) is 4.42. The normalized spacial score (nSPS) is 10.9. The van der Waals surface area contributed by atoms with Gasteiger partial charge in [0.2, 0.25) is 0 Å². The zero-order valence-electron chi connectivity index (χ0n) is 13.2. The maximum Gasteiger partial charge on any atom is 0.165 e. The SMILES string of the molecule is CCc1c(O)c(-c2ccc(C)cc2)nn1-c1ccccc1C. The minimum absolute atomic E-state index is 0.273. The molecule has 1 N–H and O–H groups in total. The van der Waals surface area contributed by atoms with Gasteiger partial charge in [-0.1, -0.05) is 55.0 Å². The van der Waals surface area contributed by atoms with Crippen LogP contribution in [0.4, 0.5) is 0 Å². The Morgan fingerprint density at radius 3 is 2.32 bits per heavy atom. The number of benzene rings is 2. The fourth-order valence-electron chi connectivity index (χ4n) is 2.67. The first kappa shape index (κ1) is 14.4. The third kappa shape index (κ3) is 2.39. The van der Waals surface area contributed by atoms with Crippen molar-refractivity contribution in [2.24, 2.45) is 0 Å². The molecule has 3 nitrogen and oxygen atoms in total. The number of nitrogens with zero attached hydrogens (tertiary/aromatic N) is 2. The zero-order valence-corrected chi connectivity index (χ0v) is 13.2. The summed E-state index contributed by atoms with van der Waals surface area (Å²) in [5.74, 6) is 0.273. The predicted molar refractivity (Wildman–Crippen MR) is 89.5 cm³/mol. The molecule has 0 radical (unpaired) electrons. The van der Waals surface area contributed by atoms with Crippen molar-refractivity contribution in [3.8, 4) is 22.7 Å². The number of hydrogen-bond donors (Lipinski definition) is 1. The highest BCUT2D eigenvalue weighted by atomic mass is 16.3. The van der Waals surface area contributed by atoms with Crippen molar-refractivity contribution >= 4 is 0 Å². The quantitative estimate of drug-likeness (QED) is 0.775. The molecule has 1 heterocycles. The molecule has 3 aromatic rings. The Kier molecular flexibility index (Phi) is 3.72. The molecule has 0 unspecified atom stereocenters. The molecule has 2 aromatic carbocycles. The second-order valence-electron chi connectivity index (χ2n) is 5.56. The van der Waals surface area contributed by atoms with Crippen LogP contribution in [0.25, 0.3) is 16.9 Å². The summed E-state index contributed by atoms with van der Waals surface area (Å²) >= 11 is 0. The molecule has 0 aliphatic rings. The average Bonchev–Trinajstić information content (AvgIpc) is 2.85. The average molecular weight is 292 g/mol. The highest BCUT2D eigenvalue weighted by Gasteiger charge is 2.18. The number of rotatable bonds is 3.